The zero-order valence-electron chi connectivity index (χ0n) is 11.7. The minimum Gasteiger partial charge on any atom is -0.384 e. The monoisotopic (exact) mass is 268 g/mol. The molecule has 1 aromatic carbocycles. The highest BCUT2D eigenvalue weighted by atomic mass is 15.1. The Balaban J connectivity index is 1.82. The summed E-state index contributed by atoms with van der Waals surface area (Å²) in [5, 5.41) is 3.48. The molecule has 3 N–H and O–H groups in total. The van der Waals surface area contributed by atoms with Crippen molar-refractivity contribution in [2.24, 2.45) is 0 Å². The van der Waals surface area contributed by atoms with Crippen LogP contribution >= 0.6 is 0 Å². The van der Waals surface area contributed by atoms with Gasteiger partial charge >= 0.3 is 0 Å². The van der Waals surface area contributed by atoms with Gasteiger partial charge in [-0.2, -0.15) is 0 Å². The Bertz CT molecular complexity index is 578. The van der Waals surface area contributed by atoms with Crippen LogP contribution in [0.5, 0.6) is 0 Å². The van der Waals surface area contributed by atoms with Crippen LogP contribution in [0.1, 0.15) is 49.5 Å². The van der Waals surface area contributed by atoms with Gasteiger partial charge < -0.3 is 11.1 Å². The minimum absolute atomic E-state index is 0.248. The van der Waals surface area contributed by atoms with E-state index in [-0.39, 0.29) is 6.04 Å². The molecular weight excluding hydrogens is 248 g/mol. The first-order chi connectivity index (χ1) is 9.76. The zero-order valence-corrected chi connectivity index (χ0v) is 11.7. The highest BCUT2D eigenvalue weighted by Crippen LogP contribution is 2.38. The van der Waals surface area contributed by atoms with Crippen molar-refractivity contribution >= 4 is 11.6 Å². The third-order valence-corrected chi connectivity index (χ3v) is 3.64. The molecule has 1 fully saturated rings. The van der Waals surface area contributed by atoms with Crippen LogP contribution in [0.25, 0.3) is 0 Å². The van der Waals surface area contributed by atoms with Crippen molar-refractivity contribution in [3.05, 3.63) is 47.8 Å². The van der Waals surface area contributed by atoms with Crippen LogP contribution < -0.4 is 11.1 Å². The van der Waals surface area contributed by atoms with Crippen LogP contribution in [0.4, 0.5) is 11.6 Å². The van der Waals surface area contributed by atoms with E-state index >= 15 is 0 Å². The molecule has 0 spiro atoms. The highest BCUT2D eigenvalue weighted by Gasteiger charge is 2.27. The van der Waals surface area contributed by atoms with E-state index in [0.29, 0.717) is 11.7 Å². The Morgan fingerprint density at radius 3 is 2.65 bits per heavy atom. The summed E-state index contributed by atoms with van der Waals surface area (Å²) >= 11 is 0. The molecule has 1 aromatic heterocycles. The maximum Gasteiger partial charge on any atom is 0.136 e. The second-order valence-electron chi connectivity index (χ2n) is 5.33. The number of hydrogen-bond donors (Lipinski definition) is 2. The third-order valence-electron chi connectivity index (χ3n) is 3.64. The Hall–Kier alpha value is -2.10. The molecule has 0 radical (unpaired) electrons. The van der Waals surface area contributed by atoms with Gasteiger partial charge in [0, 0.05) is 12.0 Å². The summed E-state index contributed by atoms with van der Waals surface area (Å²) in [5.74, 6) is 2.77. The number of nitrogens with zero attached hydrogens (tertiary/aromatic N) is 2. The van der Waals surface area contributed by atoms with Crippen LogP contribution in [0, 0.1) is 0 Å². The van der Waals surface area contributed by atoms with Gasteiger partial charge in [-0.1, -0.05) is 37.3 Å². The van der Waals surface area contributed by atoms with Crippen molar-refractivity contribution in [1.29, 1.82) is 0 Å². The van der Waals surface area contributed by atoms with Crippen LogP contribution in [-0.2, 0) is 0 Å². The van der Waals surface area contributed by atoms with Crippen LogP contribution in [0.15, 0.2) is 36.4 Å². The number of nitrogens with one attached hydrogen (secondary N) is 1. The molecule has 1 unspecified atom stereocenters. The summed E-state index contributed by atoms with van der Waals surface area (Å²) in [7, 11) is 0. The molecule has 1 atom stereocenters. The van der Waals surface area contributed by atoms with Crippen molar-refractivity contribution in [2.45, 2.75) is 38.1 Å². The lowest BCUT2D eigenvalue weighted by Gasteiger charge is -2.18. The summed E-state index contributed by atoms with van der Waals surface area (Å²) in [6.07, 6.45) is 3.35. The lowest BCUT2D eigenvalue weighted by Crippen LogP contribution is -2.12. The third kappa shape index (κ3) is 2.90. The summed E-state index contributed by atoms with van der Waals surface area (Å²) in [6.45, 7) is 2.16. The van der Waals surface area contributed by atoms with Gasteiger partial charge in [-0.25, -0.2) is 9.97 Å². The molecule has 0 amide bonds. The van der Waals surface area contributed by atoms with Gasteiger partial charge in [0.1, 0.15) is 17.5 Å². The van der Waals surface area contributed by atoms with Gasteiger partial charge in [-0.15, -0.1) is 0 Å². The largest absolute Gasteiger partial charge is 0.384 e. The fourth-order valence-corrected chi connectivity index (χ4v) is 2.37. The number of aromatic nitrogens is 2. The topological polar surface area (TPSA) is 63.8 Å². The Kier molecular flexibility index (Phi) is 3.54. The summed E-state index contributed by atoms with van der Waals surface area (Å²) < 4.78 is 0. The first-order valence-electron chi connectivity index (χ1n) is 7.22. The van der Waals surface area contributed by atoms with Gasteiger partial charge in [0.2, 0.25) is 0 Å². The standard InChI is InChI=1S/C16H20N4/c1-2-13(11-6-4-3-5-7-11)18-15-10-14(17)19-16(20-15)12-8-9-12/h3-7,10,12-13H,2,8-9H2,1H3,(H3,17,18,19,20). The molecule has 0 bridgehead atoms. The van der Waals surface area contributed by atoms with Crippen molar-refractivity contribution in [3.63, 3.8) is 0 Å². The quantitative estimate of drug-likeness (QED) is 0.871. The van der Waals surface area contributed by atoms with Crippen LogP contribution in [-0.4, -0.2) is 9.97 Å². The molecule has 2 aromatic rings. The molecular formula is C16H20N4. The second kappa shape index (κ2) is 5.49. The summed E-state index contributed by atoms with van der Waals surface area (Å²) in [5.41, 5.74) is 7.15. The number of rotatable bonds is 5. The highest BCUT2D eigenvalue weighted by molar-refractivity contribution is 5.47. The molecule has 104 valence electrons. The van der Waals surface area contributed by atoms with Crippen molar-refractivity contribution in [3.8, 4) is 0 Å². The zero-order chi connectivity index (χ0) is 13.9. The normalized spacial score (nSPS) is 15.8. The summed E-state index contributed by atoms with van der Waals surface area (Å²) in [4.78, 5) is 8.93. The minimum atomic E-state index is 0.248. The van der Waals surface area contributed by atoms with Gasteiger partial charge in [0.25, 0.3) is 0 Å². The summed E-state index contributed by atoms with van der Waals surface area (Å²) in [6, 6.07) is 12.5. The SMILES string of the molecule is CCC(Nc1cc(N)nc(C2CC2)n1)c1ccccc1. The lowest BCUT2D eigenvalue weighted by molar-refractivity contribution is 0.741. The molecule has 3 rings (SSSR count). The van der Waals surface area contributed by atoms with Gasteiger partial charge in [-0.05, 0) is 24.8 Å². The van der Waals surface area contributed by atoms with E-state index in [9.17, 15) is 0 Å². The number of anilines is 2. The molecule has 1 aliphatic rings. The van der Waals surface area contributed by atoms with Crippen LogP contribution in [0.2, 0.25) is 0 Å². The molecule has 4 heteroatoms. The molecule has 4 nitrogen and oxygen atoms in total. The van der Waals surface area contributed by atoms with E-state index in [1.807, 2.05) is 12.1 Å². The Morgan fingerprint density at radius 1 is 1.25 bits per heavy atom. The van der Waals surface area contributed by atoms with Crippen molar-refractivity contribution < 1.29 is 0 Å². The first kappa shape index (κ1) is 12.9. The molecule has 0 aliphatic heterocycles. The maximum atomic E-state index is 5.89. The smallest absolute Gasteiger partial charge is 0.136 e. The van der Waals surface area contributed by atoms with Crippen LogP contribution in [0.3, 0.4) is 0 Å². The molecule has 20 heavy (non-hydrogen) atoms. The van der Waals surface area contributed by atoms with Crippen molar-refractivity contribution in [2.75, 3.05) is 11.1 Å². The van der Waals surface area contributed by atoms with E-state index in [1.54, 1.807) is 0 Å². The lowest BCUT2D eigenvalue weighted by atomic mass is 10.0. The fourth-order valence-electron chi connectivity index (χ4n) is 2.37. The van der Waals surface area contributed by atoms with E-state index in [4.69, 9.17) is 5.73 Å². The van der Waals surface area contributed by atoms with Gasteiger partial charge in [-0.3, -0.25) is 0 Å². The fraction of sp³-hybridized carbons (Fsp3) is 0.375. The molecule has 1 heterocycles. The predicted molar refractivity (Wildman–Crippen MR) is 81.5 cm³/mol. The van der Waals surface area contributed by atoms with E-state index in [0.717, 1.165) is 18.1 Å². The van der Waals surface area contributed by atoms with E-state index < -0.39 is 0 Å². The Labute approximate surface area is 119 Å². The molecule has 0 saturated heterocycles. The van der Waals surface area contributed by atoms with E-state index in [2.05, 4.69) is 46.5 Å². The van der Waals surface area contributed by atoms with Gasteiger partial charge in [0.05, 0.1) is 6.04 Å². The van der Waals surface area contributed by atoms with Gasteiger partial charge in [0.15, 0.2) is 0 Å². The Morgan fingerprint density at radius 2 is 2.00 bits per heavy atom. The number of hydrogen-bond acceptors (Lipinski definition) is 4. The number of nitrogen functional groups attached to an aromatic ring is 1. The molecule has 1 saturated carbocycles. The molecule has 1 aliphatic carbocycles. The van der Waals surface area contributed by atoms with Crippen molar-refractivity contribution in [1.82, 2.24) is 9.97 Å². The predicted octanol–water partition coefficient (Wildman–Crippen LogP) is 3.50. The van der Waals surface area contributed by atoms with E-state index in [1.165, 1.54) is 18.4 Å². The number of benzene rings is 1. The second-order valence-corrected chi connectivity index (χ2v) is 5.33. The average molecular weight is 268 g/mol. The average Bonchev–Trinajstić information content (AvgIpc) is 3.30. The maximum absolute atomic E-state index is 5.89. The first-order valence-corrected chi connectivity index (χ1v) is 7.22. The number of nitrogens with two attached hydrogens (primary N) is 1.